The summed E-state index contributed by atoms with van der Waals surface area (Å²) in [6.45, 7) is 9.96. The summed E-state index contributed by atoms with van der Waals surface area (Å²) in [7, 11) is 0. The topological polar surface area (TPSA) is 34.1 Å². The fraction of sp³-hybridized carbons (Fsp3) is 0.211. The number of hydrogen-bond donors (Lipinski definition) is 1. The summed E-state index contributed by atoms with van der Waals surface area (Å²) in [4.78, 5) is 4.45. The molecule has 0 aliphatic heterocycles. The van der Waals surface area contributed by atoms with Crippen molar-refractivity contribution in [2.75, 3.05) is 0 Å². The van der Waals surface area contributed by atoms with Gasteiger partial charge in [-0.2, -0.15) is 0 Å². The highest BCUT2D eigenvalue weighted by Crippen LogP contribution is 2.36. The van der Waals surface area contributed by atoms with Crippen molar-refractivity contribution < 1.29 is 4.74 Å². The fourth-order valence-electron chi connectivity index (χ4n) is 2.25. The zero-order valence-corrected chi connectivity index (χ0v) is 12.8. The molecule has 0 saturated heterocycles. The number of benzene rings is 1. The quantitative estimate of drug-likeness (QED) is 0.790. The largest absolute Gasteiger partial charge is 0.446 e. The summed E-state index contributed by atoms with van der Waals surface area (Å²) in [6, 6.07) is 10.2. The molecule has 1 N–H and O–H groups in total. The first-order valence-electron chi connectivity index (χ1n) is 7.51. The average molecular weight is 292 g/mol. The summed E-state index contributed by atoms with van der Waals surface area (Å²) >= 11 is 0. The Labute approximate surface area is 131 Å². The summed E-state index contributed by atoms with van der Waals surface area (Å²) < 4.78 is 5.77. The van der Waals surface area contributed by atoms with Gasteiger partial charge in [0.05, 0.1) is 11.4 Å². The smallest absolute Gasteiger partial charge is 0.193 e. The Kier molecular flexibility index (Phi) is 3.96. The lowest BCUT2D eigenvalue weighted by Crippen LogP contribution is -2.14. The number of aromatic nitrogens is 1. The monoisotopic (exact) mass is 292 g/mol. The maximum absolute atomic E-state index is 5.77. The van der Waals surface area contributed by atoms with E-state index in [1.165, 1.54) is 12.8 Å². The molecule has 3 heteroatoms. The second-order valence-corrected chi connectivity index (χ2v) is 5.52. The summed E-state index contributed by atoms with van der Waals surface area (Å²) in [5, 5.41) is 5.44. The van der Waals surface area contributed by atoms with Gasteiger partial charge in [-0.05, 0) is 37.3 Å². The Balaban J connectivity index is 1.72. The predicted molar refractivity (Wildman–Crippen MR) is 90.6 cm³/mol. The van der Waals surface area contributed by atoms with Crippen molar-refractivity contribution in [1.82, 2.24) is 10.3 Å². The Bertz CT molecular complexity index is 757. The molecule has 1 aromatic heterocycles. The summed E-state index contributed by atoms with van der Waals surface area (Å²) in [5.74, 6) is 1.97. The van der Waals surface area contributed by atoms with E-state index in [0.717, 1.165) is 22.2 Å². The van der Waals surface area contributed by atoms with Crippen molar-refractivity contribution >= 4 is 16.5 Å². The van der Waals surface area contributed by atoms with Gasteiger partial charge in [-0.3, -0.25) is 4.98 Å². The molecule has 0 radical (unpaired) electrons. The van der Waals surface area contributed by atoms with Crippen molar-refractivity contribution in [1.29, 1.82) is 0 Å². The van der Waals surface area contributed by atoms with Crippen LogP contribution in [0, 0.1) is 5.92 Å². The van der Waals surface area contributed by atoms with Gasteiger partial charge in [-0.25, -0.2) is 0 Å². The SMILES string of the molecule is C=C(N/C(=C/C)OC(=C)C1CC1)c1cc2ccccc2cn1. The number of pyridine rings is 1. The minimum atomic E-state index is 0.504. The van der Waals surface area contributed by atoms with Gasteiger partial charge in [0.25, 0.3) is 0 Å². The molecule has 0 atom stereocenters. The molecule has 112 valence electrons. The van der Waals surface area contributed by atoms with Crippen LogP contribution in [0.15, 0.2) is 67.4 Å². The minimum Gasteiger partial charge on any atom is -0.446 e. The van der Waals surface area contributed by atoms with Gasteiger partial charge in [0.15, 0.2) is 5.88 Å². The van der Waals surface area contributed by atoms with E-state index >= 15 is 0 Å². The van der Waals surface area contributed by atoms with Crippen LogP contribution in [0.1, 0.15) is 25.5 Å². The van der Waals surface area contributed by atoms with Crippen LogP contribution in [0.3, 0.4) is 0 Å². The highest BCUT2D eigenvalue weighted by Gasteiger charge is 2.26. The Hall–Kier alpha value is -2.55. The highest BCUT2D eigenvalue weighted by atomic mass is 16.5. The zero-order chi connectivity index (χ0) is 15.5. The molecule has 0 unspecified atom stereocenters. The van der Waals surface area contributed by atoms with Crippen molar-refractivity contribution in [2.45, 2.75) is 19.8 Å². The van der Waals surface area contributed by atoms with Crippen molar-refractivity contribution in [2.24, 2.45) is 5.92 Å². The molecule has 3 nitrogen and oxygen atoms in total. The van der Waals surface area contributed by atoms with Gasteiger partial charge in [-0.15, -0.1) is 0 Å². The number of rotatable bonds is 6. The molecule has 2 aromatic rings. The Morgan fingerprint density at radius 1 is 1.27 bits per heavy atom. The molecule has 0 bridgehead atoms. The van der Waals surface area contributed by atoms with Gasteiger partial charge in [-0.1, -0.05) is 37.4 Å². The van der Waals surface area contributed by atoms with Crippen LogP contribution in [0.2, 0.25) is 0 Å². The molecular formula is C19H20N2O. The lowest BCUT2D eigenvalue weighted by molar-refractivity contribution is 0.269. The first kappa shape index (κ1) is 14.4. The van der Waals surface area contributed by atoms with E-state index < -0.39 is 0 Å². The van der Waals surface area contributed by atoms with Gasteiger partial charge >= 0.3 is 0 Å². The van der Waals surface area contributed by atoms with E-state index in [4.69, 9.17) is 4.74 Å². The van der Waals surface area contributed by atoms with Crippen LogP contribution in [0.4, 0.5) is 0 Å². The van der Waals surface area contributed by atoms with Crippen LogP contribution in [-0.2, 0) is 4.74 Å². The molecule has 1 aliphatic carbocycles. The van der Waals surface area contributed by atoms with E-state index in [1.54, 1.807) is 0 Å². The van der Waals surface area contributed by atoms with Crippen LogP contribution in [-0.4, -0.2) is 4.98 Å². The van der Waals surface area contributed by atoms with E-state index in [-0.39, 0.29) is 0 Å². The molecule has 1 saturated carbocycles. The molecule has 0 spiro atoms. The number of ether oxygens (including phenoxy) is 1. The Morgan fingerprint density at radius 2 is 2.00 bits per heavy atom. The third-order valence-corrected chi connectivity index (χ3v) is 3.75. The van der Waals surface area contributed by atoms with E-state index in [2.05, 4.69) is 29.5 Å². The van der Waals surface area contributed by atoms with Crippen molar-refractivity contribution in [3.63, 3.8) is 0 Å². The third kappa shape index (κ3) is 3.19. The molecule has 0 amide bonds. The molecule has 1 aromatic carbocycles. The van der Waals surface area contributed by atoms with E-state index in [1.807, 2.05) is 43.5 Å². The van der Waals surface area contributed by atoms with E-state index in [0.29, 0.717) is 17.5 Å². The van der Waals surface area contributed by atoms with Gasteiger partial charge in [0, 0.05) is 17.5 Å². The Morgan fingerprint density at radius 3 is 2.68 bits per heavy atom. The van der Waals surface area contributed by atoms with E-state index in [9.17, 15) is 0 Å². The first-order valence-corrected chi connectivity index (χ1v) is 7.51. The molecular weight excluding hydrogens is 272 g/mol. The second kappa shape index (κ2) is 6.06. The summed E-state index contributed by atoms with van der Waals surface area (Å²) in [6.07, 6.45) is 6.07. The van der Waals surface area contributed by atoms with Crippen LogP contribution >= 0.6 is 0 Å². The summed E-state index contributed by atoms with van der Waals surface area (Å²) in [5.41, 5.74) is 1.51. The highest BCUT2D eigenvalue weighted by molar-refractivity contribution is 5.84. The van der Waals surface area contributed by atoms with Gasteiger partial charge < -0.3 is 10.1 Å². The zero-order valence-electron chi connectivity index (χ0n) is 12.8. The number of hydrogen-bond acceptors (Lipinski definition) is 3. The molecule has 1 aliphatic rings. The minimum absolute atomic E-state index is 0.504. The second-order valence-electron chi connectivity index (χ2n) is 5.52. The van der Waals surface area contributed by atoms with Crippen LogP contribution in [0.25, 0.3) is 16.5 Å². The number of nitrogens with zero attached hydrogens (tertiary/aromatic N) is 1. The molecule has 1 fully saturated rings. The first-order chi connectivity index (χ1) is 10.7. The lowest BCUT2D eigenvalue weighted by Gasteiger charge is -2.15. The van der Waals surface area contributed by atoms with Crippen molar-refractivity contribution in [3.8, 4) is 0 Å². The van der Waals surface area contributed by atoms with Crippen molar-refractivity contribution in [3.05, 3.63) is 73.1 Å². The van der Waals surface area contributed by atoms with Gasteiger partial charge in [0.1, 0.15) is 5.76 Å². The van der Waals surface area contributed by atoms with Gasteiger partial charge in [0.2, 0.25) is 0 Å². The fourth-order valence-corrected chi connectivity index (χ4v) is 2.25. The van der Waals surface area contributed by atoms with Crippen LogP contribution in [0.5, 0.6) is 0 Å². The average Bonchev–Trinajstić information content (AvgIpc) is 3.38. The molecule has 3 rings (SSSR count). The molecule has 22 heavy (non-hydrogen) atoms. The predicted octanol–water partition coefficient (Wildman–Crippen LogP) is 4.60. The third-order valence-electron chi connectivity index (χ3n) is 3.75. The lowest BCUT2D eigenvalue weighted by atomic mass is 10.1. The number of fused-ring (bicyclic) bond motifs is 1. The van der Waals surface area contributed by atoms with Crippen LogP contribution < -0.4 is 5.32 Å². The molecule has 1 heterocycles. The maximum atomic E-state index is 5.77. The normalized spacial score (nSPS) is 14.7. The maximum Gasteiger partial charge on any atom is 0.193 e. The number of allylic oxidation sites excluding steroid dienone is 2. The number of nitrogens with one attached hydrogen (secondary N) is 1. The standard InChI is InChI=1S/C19H20N2O/c1-4-19(22-14(3)15-9-10-15)21-13(2)18-11-16-7-5-6-8-17(16)12-20-18/h4-8,11-12,15,21H,2-3,9-10H2,1H3/b19-4-.